The van der Waals surface area contributed by atoms with E-state index < -0.39 is 0 Å². The zero-order valence-electron chi connectivity index (χ0n) is 16.4. The molecule has 0 bridgehead atoms. The molecule has 1 amide bonds. The summed E-state index contributed by atoms with van der Waals surface area (Å²) in [7, 11) is 3.15. The van der Waals surface area contributed by atoms with Crippen molar-refractivity contribution in [3.63, 3.8) is 0 Å². The first-order chi connectivity index (χ1) is 13.4. The predicted molar refractivity (Wildman–Crippen MR) is 107 cm³/mol. The summed E-state index contributed by atoms with van der Waals surface area (Å²) in [5, 5.41) is 8.51. The highest BCUT2D eigenvalue weighted by molar-refractivity contribution is 5.83. The Bertz CT molecular complexity index is 1070. The summed E-state index contributed by atoms with van der Waals surface area (Å²) in [5.74, 6) is 0.993. The Kier molecular flexibility index (Phi) is 5.63. The molecular weight excluding hydrogens is 358 g/mol. The molecule has 3 aromatic rings. The van der Waals surface area contributed by atoms with E-state index in [9.17, 15) is 9.59 Å². The zero-order valence-corrected chi connectivity index (χ0v) is 16.4. The maximum atomic E-state index is 12.6. The Labute approximate surface area is 162 Å². The minimum absolute atomic E-state index is 0.166. The Morgan fingerprint density at radius 1 is 1.14 bits per heavy atom. The summed E-state index contributed by atoms with van der Waals surface area (Å²) in [4.78, 5) is 25.2. The van der Waals surface area contributed by atoms with Gasteiger partial charge in [0, 0.05) is 10.9 Å². The molecule has 28 heavy (non-hydrogen) atoms. The fraction of sp³-hybridized carbons (Fsp3) is 0.286. The molecule has 0 spiro atoms. The normalized spacial score (nSPS) is 11.9. The Morgan fingerprint density at radius 3 is 2.54 bits per heavy atom. The van der Waals surface area contributed by atoms with Crippen molar-refractivity contribution in [2.45, 2.75) is 26.4 Å². The number of nitrogens with one attached hydrogen (secondary N) is 1. The number of carbonyl (C=O) groups excluding carboxylic acids is 1. The van der Waals surface area contributed by atoms with Gasteiger partial charge >= 0.3 is 0 Å². The maximum absolute atomic E-state index is 12.6. The van der Waals surface area contributed by atoms with Crippen LogP contribution in [-0.2, 0) is 11.3 Å². The van der Waals surface area contributed by atoms with Crippen molar-refractivity contribution in [3.8, 4) is 11.5 Å². The van der Waals surface area contributed by atoms with Gasteiger partial charge in [-0.25, -0.2) is 4.68 Å². The number of hydrogen-bond donors (Lipinski definition) is 1. The van der Waals surface area contributed by atoms with Crippen molar-refractivity contribution in [2.24, 2.45) is 0 Å². The van der Waals surface area contributed by atoms with Gasteiger partial charge in [0.05, 0.1) is 31.3 Å². The first kappa shape index (κ1) is 19.4. The Morgan fingerprint density at radius 2 is 1.86 bits per heavy atom. The van der Waals surface area contributed by atoms with Gasteiger partial charge in [0.15, 0.2) is 0 Å². The molecule has 0 saturated carbocycles. The number of carbonyl (C=O) groups is 1. The van der Waals surface area contributed by atoms with E-state index >= 15 is 0 Å². The number of aryl methyl sites for hydroxylation is 1. The van der Waals surface area contributed by atoms with Gasteiger partial charge in [-0.05, 0) is 38.1 Å². The minimum atomic E-state index is -0.338. The van der Waals surface area contributed by atoms with Gasteiger partial charge in [0.1, 0.15) is 18.0 Å². The van der Waals surface area contributed by atoms with Crippen molar-refractivity contribution in [2.75, 3.05) is 14.2 Å². The fourth-order valence-corrected chi connectivity index (χ4v) is 3.19. The standard InChI is InChI=1S/C21H23N3O4/c1-13(18-11-15(27-3)9-10-19(18)28-4)22-20(25)12-24-21(26)17-8-6-5-7-16(17)14(2)23-24/h5-11,13H,12H2,1-4H3,(H,22,25). The summed E-state index contributed by atoms with van der Waals surface area (Å²) in [6.45, 7) is 3.50. The van der Waals surface area contributed by atoms with Gasteiger partial charge in [-0.15, -0.1) is 0 Å². The number of aromatic nitrogens is 2. The molecule has 3 rings (SSSR count). The summed E-state index contributed by atoms with van der Waals surface area (Å²) in [5.41, 5.74) is 1.19. The van der Waals surface area contributed by atoms with E-state index in [4.69, 9.17) is 9.47 Å². The quantitative estimate of drug-likeness (QED) is 0.710. The molecule has 0 aliphatic carbocycles. The number of rotatable bonds is 6. The van der Waals surface area contributed by atoms with Gasteiger partial charge in [0.2, 0.25) is 5.91 Å². The lowest BCUT2D eigenvalue weighted by atomic mass is 10.1. The zero-order chi connectivity index (χ0) is 20.3. The van der Waals surface area contributed by atoms with E-state index in [0.29, 0.717) is 22.6 Å². The van der Waals surface area contributed by atoms with E-state index in [-0.39, 0.29) is 24.1 Å². The van der Waals surface area contributed by atoms with Crippen molar-refractivity contribution in [3.05, 3.63) is 64.1 Å². The molecule has 0 radical (unpaired) electrons. The summed E-state index contributed by atoms with van der Waals surface area (Å²) in [6, 6.07) is 12.3. The molecule has 7 nitrogen and oxygen atoms in total. The average Bonchev–Trinajstić information content (AvgIpc) is 2.71. The van der Waals surface area contributed by atoms with Crippen LogP contribution in [0.15, 0.2) is 47.3 Å². The van der Waals surface area contributed by atoms with Crippen molar-refractivity contribution < 1.29 is 14.3 Å². The summed E-state index contributed by atoms with van der Waals surface area (Å²) >= 11 is 0. The van der Waals surface area contributed by atoms with Crippen LogP contribution >= 0.6 is 0 Å². The molecule has 0 fully saturated rings. The van der Waals surface area contributed by atoms with Crippen molar-refractivity contribution in [1.82, 2.24) is 15.1 Å². The van der Waals surface area contributed by atoms with E-state index in [1.54, 1.807) is 38.5 Å². The number of methoxy groups -OCH3 is 2. The lowest BCUT2D eigenvalue weighted by Crippen LogP contribution is -2.35. The second-order valence-corrected chi connectivity index (χ2v) is 6.49. The smallest absolute Gasteiger partial charge is 0.275 e. The van der Waals surface area contributed by atoms with Crippen LogP contribution in [0.3, 0.4) is 0 Å². The largest absolute Gasteiger partial charge is 0.497 e. The lowest BCUT2D eigenvalue weighted by Gasteiger charge is -2.18. The highest BCUT2D eigenvalue weighted by Crippen LogP contribution is 2.29. The fourth-order valence-electron chi connectivity index (χ4n) is 3.19. The molecule has 0 aliphatic heterocycles. The van der Waals surface area contributed by atoms with Crippen molar-refractivity contribution >= 4 is 16.7 Å². The number of nitrogens with zero attached hydrogens (tertiary/aromatic N) is 2. The third-order valence-corrected chi connectivity index (χ3v) is 4.63. The first-order valence-electron chi connectivity index (χ1n) is 8.92. The Balaban J connectivity index is 1.82. The number of amides is 1. The minimum Gasteiger partial charge on any atom is -0.497 e. The van der Waals surface area contributed by atoms with Crippen molar-refractivity contribution in [1.29, 1.82) is 0 Å². The van der Waals surface area contributed by atoms with Crippen LogP contribution < -0.4 is 20.3 Å². The second-order valence-electron chi connectivity index (χ2n) is 6.49. The van der Waals surface area contributed by atoms with Gasteiger partial charge in [0.25, 0.3) is 5.56 Å². The molecular formula is C21H23N3O4. The van der Waals surface area contributed by atoms with Gasteiger partial charge in [-0.3, -0.25) is 9.59 Å². The van der Waals surface area contributed by atoms with Crippen LogP contribution in [0.2, 0.25) is 0 Å². The van der Waals surface area contributed by atoms with E-state index in [0.717, 1.165) is 10.9 Å². The maximum Gasteiger partial charge on any atom is 0.275 e. The van der Waals surface area contributed by atoms with E-state index in [1.807, 2.05) is 32.0 Å². The third kappa shape index (κ3) is 3.83. The Hall–Kier alpha value is -3.35. The summed E-state index contributed by atoms with van der Waals surface area (Å²) in [6.07, 6.45) is 0. The molecule has 0 aliphatic rings. The monoisotopic (exact) mass is 381 g/mol. The van der Waals surface area contributed by atoms with Gasteiger partial charge < -0.3 is 14.8 Å². The molecule has 146 valence electrons. The number of benzene rings is 2. The van der Waals surface area contributed by atoms with E-state index in [1.165, 1.54) is 4.68 Å². The molecule has 1 unspecified atom stereocenters. The van der Waals surface area contributed by atoms with Crippen LogP contribution in [0, 0.1) is 6.92 Å². The lowest BCUT2D eigenvalue weighted by molar-refractivity contribution is -0.122. The van der Waals surface area contributed by atoms with Crippen LogP contribution in [0.5, 0.6) is 11.5 Å². The van der Waals surface area contributed by atoms with Crippen LogP contribution in [0.25, 0.3) is 10.8 Å². The van der Waals surface area contributed by atoms with Gasteiger partial charge in [-0.1, -0.05) is 18.2 Å². The summed E-state index contributed by atoms with van der Waals surface area (Å²) < 4.78 is 11.8. The molecule has 7 heteroatoms. The third-order valence-electron chi connectivity index (χ3n) is 4.63. The van der Waals surface area contributed by atoms with E-state index in [2.05, 4.69) is 10.4 Å². The van der Waals surface area contributed by atoms with Gasteiger partial charge in [-0.2, -0.15) is 5.10 Å². The topological polar surface area (TPSA) is 82.4 Å². The molecule has 1 N–H and O–H groups in total. The highest BCUT2D eigenvalue weighted by Gasteiger charge is 2.17. The SMILES string of the molecule is COc1ccc(OC)c(C(C)NC(=O)Cn2nc(C)c3ccccc3c2=O)c1. The predicted octanol–water partition coefficient (Wildman–Crippen LogP) is 2.60. The van der Waals surface area contributed by atoms with Crippen LogP contribution in [-0.4, -0.2) is 29.9 Å². The molecule has 1 atom stereocenters. The number of fused-ring (bicyclic) bond motifs is 1. The van der Waals surface area contributed by atoms with Crippen LogP contribution in [0.4, 0.5) is 0 Å². The first-order valence-corrected chi connectivity index (χ1v) is 8.92. The second kappa shape index (κ2) is 8.12. The molecule has 2 aromatic carbocycles. The molecule has 0 saturated heterocycles. The average molecular weight is 381 g/mol. The number of ether oxygens (including phenoxy) is 2. The number of hydrogen-bond acceptors (Lipinski definition) is 5. The molecule has 1 heterocycles. The molecule has 1 aromatic heterocycles. The van der Waals surface area contributed by atoms with Crippen LogP contribution in [0.1, 0.15) is 24.2 Å². The highest BCUT2D eigenvalue weighted by atomic mass is 16.5.